The van der Waals surface area contributed by atoms with Crippen LogP contribution < -0.4 is 9.64 Å². The van der Waals surface area contributed by atoms with Crippen molar-refractivity contribution in [2.45, 2.75) is 0 Å². The Labute approximate surface area is 113 Å². The predicted octanol–water partition coefficient (Wildman–Crippen LogP) is 0.756. The molecule has 0 aromatic heterocycles. The van der Waals surface area contributed by atoms with Gasteiger partial charge in [0.15, 0.2) is 6.61 Å². The third kappa shape index (κ3) is 3.05. The van der Waals surface area contributed by atoms with Crippen molar-refractivity contribution < 1.29 is 24.2 Å². The minimum absolute atomic E-state index is 0.207. The summed E-state index contributed by atoms with van der Waals surface area (Å²) in [5, 5.41) is 8.60. The van der Waals surface area contributed by atoms with Crippen molar-refractivity contribution in [3.05, 3.63) is 24.3 Å². The number of para-hydroxylation sites is 2. The van der Waals surface area contributed by atoms with Crippen LogP contribution >= 0.6 is 11.8 Å². The largest absolute Gasteiger partial charge is 0.480 e. The third-order valence-corrected chi connectivity index (χ3v) is 3.31. The van der Waals surface area contributed by atoms with Gasteiger partial charge in [-0.3, -0.25) is 9.59 Å². The minimum Gasteiger partial charge on any atom is -0.480 e. The molecule has 0 unspecified atom stereocenters. The number of carbonyl (C=O) groups is 3. The first-order valence-electron chi connectivity index (χ1n) is 5.46. The molecule has 100 valence electrons. The number of carbonyl (C=O) groups excluding carboxylic acids is 2. The monoisotopic (exact) mass is 281 g/mol. The second kappa shape index (κ2) is 5.75. The van der Waals surface area contributed by atoms with E-state index in [-0.39, 0.29) is 29.1 Å². The molecule has 7 heteroatoms. The molecule has 2 amide bonds. The number of anilines is 1. The van der Waals surface area contributed by atoms with Crippen molar-refractivity contribution in [1.29, 1.82) is 0 Å². The Kier molecular flexibility index (Phi) is 4.06. The number of benzene rings is 1. The summed E-state index contributed by atoms with van der Waals surface area (Å²) in [4.78, 5) is 35.2. The van der Waals surface area contributed by atoms with E-state index in [1.807, 2.05) is 0 Å². The van der Waals surface area contributed by atoms with Crippen LogP contribution in [0.2, 0.25) is 0 Å². The Bertz CT molecular complexity index is 515. The highest BCUT2D eigenvalue weighted by molar-refractivity contribution is 8.00. The van der Waals surface area contributed by atoms with Crippen molar-refractivity contribution in [3.8, 4) is 5.75 Å². The molecule has 1 saturated heterocycles. The lowest BCUT2D eigenvalue weighted by Crippen LogP contribution is -2.43. The van der Waals surface area contributed by atoms with Gasteiger partial charge in [-0.2, -0.15) is 0 Å². The number of hydrogen-bond donors (Lipinski definition) is 1. The normalized spacial score (nSPS) is 15.5. The van der Waals surface area contributed by atoms with Gasteiger partial charge in [0.1, 0.15) is 5.75 Å². The number of aliphatic carboxylic acids is 1. The SMILES string of the molecule is O=C(O)COc1ccccc1N1C(=O)CSCC1=O. The maximum atomic E-state index is 11.8. The highest BCUT2D eigenvalue weighted by Crippen LogP contribution is 2.30. The van der Waals surface area contributed by atoms with Crippen LogP contribution in [0.5, 0.6) is 5.75 Å². The second-order valence-electron chi connectivity index (χ2n) is 3.77. The molecule has 0 radical (unpaired) electrons. The quantitative estimate of drug-likeness (QED) is 0.820. The lowest BCUT2D eigenvalue weighted by atomic mass is 10.2. The molecule has 0 aliphatic carbocycles. The Morgan fingerprint density at radius 3 is 2.53 bits per heavy atom. The maximum Gasteiger partial charge on any atom is 0.341 e. The van der Waals surface area contributed by atoms with Crippen LogP contribution in [0.4, 0.5) is 5.69 Å². The van der Waals surface area contributed by atoms with Gasteiger partial charge in [0.2, 0.25) is 11.8 Å². The molecular weight excluding hydrogens is 270 g/mol. The van der Waals surface area contributed by atoms with E-state index in [2.05, 4.69) is 0 Å². The molecule has 0 atom stereocenters. The summed E-state index contributed by atoms with van der Waals surface area (Å²) in [5.74, 6) is -1.13. The first-order chi connectivity index (χ1) is 9.09. The number of rotatable bonds is 4. The molecule has 1 N–H and O–H groups in total. The number of carboxylic acid groups (broad SMARTS) is 1. The summed E-state index contributed by atoms with van der Waals surface area (Å²) in [6.45, 7) is -0.526. The molecule has 2 rings (SSSR count). The summed E-state index contributed by atoms with van der Waals surface area (Å²) in [6.07, 6.45) is 0. The lowest BCUT2D eigenvalue weighted by Gasteiger charge is -2.26. The summed E-state index contributed by atoms with van der Waals surface area (Å²) >= 11 is 1.26. The second-order valence-corrected chi connectivity index (χ2v) is 4.75. The number of thioether (sulfide) groups is 1. The zero-order valence-corrected chi connectivity index (χ0v) is 10.7. The highest BCUT2D eigenvalue weighted by Gasteiger charge is 2.29. The van der Waals surface area contributed by atoms with Crippen molar-refractivity contribution in [3.63, 3.8) is 0 Å². The van der Waals surface area contributed by atoms with E-state index in [4.69, 9.17) is 9.84 Å². The van der Waals surface area contributed by atoms with Crippen LogP contribution in [0.1, 0.15) is 0 Å². The number of hydrogen-bond acceptors (Lipinski definition) is 5. The third-order valence-electron chi connectivity index (χ3n) is 2.41. The fourth-order valence-electron chi connectivity index (χ4n) is 1.67. The maximum absolute atomic E-state index is 11.8. The van der Waals surface area contributed by atoms with Gasteiger partial charge in [0, 0.05) is 0 Å². The molecule has 1 fully saturated rings. The Balaban J connectivity index is 2.30. The van der Waals surface area contributed by atoms with E-state index in [0.717, 1.165) is 4.90 Å². The smallest absolute Gasteiger partial charge is 0.341 e. The molecule has 1 aliphatic rings. The lowest BCUT2D eigenvalue weighted by molar-refractivity contribution is -0.139. The van der Waals surface area contributed by atoms with Gasteiger partial charge in [-0.05, 0) is 12.1 Å². The molecule has 0 spiro atoms. The van der Waals surface area contributed by atoms with Gasteiger partial charge >= 0.3 is 5.97 Å². The van der Waals surface area contributed by atoms with Gasteiger partial charge in [-0.1, -0.05) is 12.1 Å². The number of carboxylic acids is 1. The average Bonchev–Trinajstić information content (AvgIpc) is 2.37. The standard InChI is InChI=1S/C12H11NO5S/c14-10-6-19-7-11(15)13(10)8-3-1-2-4-9(8)18-5-12(16)17/h1-4H,5-7H2,(H,16,17). The summed E-state index contributed by atoms with van der Waals surface area (Å²) in [7, 11) is 0. The van der Waals surface area contributed by atoms with Crippen molar-refractivity contribution in [1.82, 2.24) is 0 Å². The molecule has 0 saturated carbocycles. The molecule has 1 aliphatic heterocycles. The Morgan fingerprint density at radius 1 is 1.26 bits per heavy atom. The van der Waals surface area contributed by atoms with E-state index in [9.17, 15) is 14.4 Å². The van der Waals surface area contributed by atoms with E-state index in [1.54, 1.807) is 18.2 Å². The van der Waals surface area contributed by atoms with Crippen LogP contribution in [0, 0.1) is 0 Å². The van der Waals surface area contributed by atoms with Crippen molar-refractivity contribution in [2.75, 3.05) is 23.0 Å². The van der Waals surface area contributed by atoms with Crippen LogP contribution in [-0.2, 0) is 14.4 Å². The number of ether oxygens (including phenoxy) is 1. The highest BCUT2D eigenvalue weighted by atomic mass is 32.2. The zero-order chi connectivity index (χ0) is 13.8. The van der Waals surface area contributed by atoms with Gasteiger partial charge < -0.3 is 9.84 Å². The van der Waals surface area contributed by atoms with Gasteiger partial charge in [0.25, 0.3) is 0 Å². The first-order valence-corrected chi connectivity index (χ1v) is 6.62. The molecule has 1 heterocycles. The predicted molar refractivity (Wildman–Crippen MR) is 69.4 cm³/mol. The summed E-state index contributed by atoms with van der Waals surface area (Å²) in [6, 6.07) is 6.39. The molecule has 0 bridgehead atoms. The van der Waals surface area contributed by atoms with Crippen LogP contribution in [0.25, 0.3) is 0 Å². The molecule has 1 aromatic rings. The van der Waals surface area contributed by atoms with E-state index in [1.165, 1.54) is 17.8 Å². The number of amides is 2. The number of imide groups is 1. The Morgan fingerprint density at radius 2 is 1.89 bits per heavy atom. The fourth-order valence-corrected chi connectivity index (χ4v) is 2.38. The van der Waals surface area contributed by atoms with Crippen LogP contribution in [0.15, 0.2) is 24.3 Å². The topological polar surface area (TPSA) is 83.9 Å². The molecular formula is C12H11NO5S. The zero-order valence-electron chi connectivity index (χ0n) is 9.87. The van der Waals surface area contributed by atoms with E-state index in [0.29, 0.717) is 5.69 Å². The van der Waals surface area contributed by atoms with Crippen LogP contribution in [-0.4, -0.2) is 41.0 Å². The average molecular weight is 281 g/mol. The van der Waals surface area contributed by atoms with Gasteiger partial charge in [-0.15, -0.1) is 11.8 Å². The fraction of sp³-hybridized carbons (Fsp3) is 0.250. The van der Waals surface area contributed by atoms with E-state index < -0.39 is 12.6 Å². The molecule has 1 aromatic carbocycles. The summed E-state index contributed by atoms with van der Waals surface area (Å²) < 4.78 is 5.10. The summed E-state index contributed by atoms with van der Waals surface area (Å²) in [5.41, 5.74) is 0.291. The first kappa shape index (κ1) is 13.4. The van der Waals surface area contributed by atoms with Crippen LogP contribution in [0.3, 0.4) is 0 Å². The minimum atomic E-state index is -1.12. The van der Waals surface area contributed by atoms with E-state index >= 15 is 0 Å². The molecule has 6 nitrogen and oxygen atoms in total. The molecule has 19 heavy (non-hydrogen) atoms. The number of nitrogens with zero attached hydrogens (tertiary/aromatic N) is 1. The Hall–Kier alpha value is -2.02. The van der Waals surface area contributed by atoms with Gasteiger partial charge in [0.05, 0.1) is 17.2 Å². The van der Waals surface area contributed by atoms with Crippen molar-refractivity contribution >= 4 is 35.2 Å². The van der Waals surface area contributed by atoms with Gasteiger partial charge in [-0.25, -0.2) is 9.69 Å². The van der Waals surface area contributed by atoms with Crippen molar-refractivity contribution in [2.24, 2.45) is 0 Å².